The van der Waals surface area contributed by atoms with E-state index >= 15 is 0 Å². The molecule has 6 heteroatoms. The fourth-order valence-electron chi connectivity index (χ4n) is 3.77. The number of hydrogen-bond donors (Lipinski definition) is 2. The summed E-state index contributed by atoms with van der Waals surface area (Å²) in [6, 6.07) is 6.11. The fraction of sp³-hybridized carbons (Fsp3) is 0.429. The summed E-state index contributed by atoms with van der Waals surface area (Å²) < 4.78 is 5.39. The van der Waals surface area contributed by atoms with Crippen LogP contribution in [0.4, 0.5) is 11.5 Å². The van der Waals surface area contributed by atoms with Crippen LogP contribution in [0.5, 0.6) is 0 Å². The minimum Gasteiger partial charge on any atom is -0.397 e. The summed E-state index contributed by atoms with van der Waals surface area (Å²) in [6.07, 6.45) is 6.12. The third-order valence-corrected chi connectivity index (χ3v) is 5.36. The van der Waals surface area contributed by atoms with Crippen molar-refractivity contribution in [3.8, 4) is 11.1 Å². The Balaban J connectivity index is 1.64. The van der Waals surface area contributed by atoms with E-state index in [9.17, 15) is 5.11 Å². The van der Waals surface area contributed by atoms with Crippen LogP contribution in [0.3, 0.4) is 0 Å². The molecule has 4 rings (SSSR count). The first-order valence-electron chi connectivity index (χ1n) is 9.55. The van der Waals surface area contributed by atoms with E-state index in [0.29, 0.717) is 18.9 Å². The molecular weight excluding hydrogens is 340 g/mol. The van der Waals surface area contributed by atoms with Crippen LogP contribution in [-0.4, -0.2) is 47.5 Å². The lowest BCUT2D eigenvalue weighted by molar-refractivity contribution is 0.145. The number of piperidine rings is 1. The molecule has 0 aromatic carbocycles. The third kappa shape index (κ3) is 3.82. The second-order valence-corrected chi connectivity index (χ2v) is 7.23. The number of nitrogens with zero attached hydrogens (tertiary/aromatic N) is 3. The van der Waals surface area contributed by atoms with Crippen molar-refractivity contribution in [3.05, 3.63) is 41.9 Å². The number of nitrogen functional groups attached to an aromatic ring is 1. The van der Waals surface area contributed by atoms with Crippen molar-refractivity contribution in [3.63, 3.8) is 0 Å². The molecule has 1 saturated heterocycles. The summed E-state index contributed by atoms with van der Waals surface area (Å²) >= 11 is 0. The molecule has 0 saturated carbocycles. The molecule has 2 aliphatic rings. The quantitative estimate of drug-likeness (QED) is 0.869. The molecule has 27 heavy (non-hydrogen) atoms. The normalized spacial score (nSPS) is 18.4. The van der Waals surface area contributed by atoms with E-state index in [1.807, 2.05) is 25.3 Å². The highest BCUT2D eigenvalue weighted by molar-refractivity contribution is 5.79. The van der Waals surface area contributed by atoms with Crippen LogP contribution in [-0.2, 0) is 4.74 Å². The van der Waals surface area contributed by atoms with Crippen molar-refractivity contribution in [1.29, 1.82) is 0 Å². The molecule has 142 valence electrons. The molecule has 2 aliphatic heterocycles. The Morgan fingerprint density at radius 3 is 2.81 bits per heavy atom. The second-order valence-electron chi connectivity index (χ2n) is 7.23. The number of aryl methyl sites for hydroxylation is 1. The third-order valence-electron chi connectivity index (χ3n) is 5.36. The van der Waals surface area contributed by atoms with Gasteiger partial charge in [0.1, 0.15) is 5.82 Å². The van der Waals surface area contributed by atoms with Crippen molar-refractivity contribution in [2.24, 2.45) is 0 Å². The smallest absolute Gasteiger partial charge is 0.129 e. The van der Waals surface area contributed by atoms with Crippen LogP contribution >= 0.6 is 0 Å². The maximum absolute atomic E-state index is 9.73. The predicted octanol–water partition coefficient (Wildman–Crippen LogP) is 2.80. The van der Waals surface area contributed by atoms with E-state index in [1.54, 1.807) is 0 Å². The van der Waals surface area contributed by atoms with Crippen molar-refractivity contribution >= 4 is 17.1 Å². The summed E-state index contributed by atoms with van der Waals surface area (Å²) in [5.74, 6) is 0.939. The highest BCUT2D eigenvalue weighted by Gasteiger charge is 2.19. The Kier molecular flexibility index (Phi) is 5.09. The standard InChI is InChI=1S/C21H26N4O2/c1-14-18(13-19(22)21(24-14)15-5-10-27-11-6-15)16-2-7-23-20(12-16)25-8-3-17(26)4-9-25/h2,5,7,12-13,17,26H,3-4,6,8-11,22H2,1H3. The molecule has 0 unspecified atom stereocenters. The molecule has 0 spiro atoms. The molecule has 0 bridgehead atoms. The van der Waals surface area contributed by atoms with Crippen molar-refractivity contribution in [2.75, 3.05) is 36.9 Å². The number of ether oxygens (including phenoxy) is 1. The zero-order valence-corrected chi connectivity index (χ0v) is 15.7. The molecule has 1 fully saturated rings. The Morgan fingerprint density at radius 2 is 2.07 bits per heavy atom. The van der Waals surface area contributed by atoms with Gasteiger partial charge in [0.25, 0.3) is 0 Å². The van der Waals surface area contributed by atoms with Crippen LogP contribution in [0.2, 0.25) is 0 Å². The molecule has 2 aromatic rings. The number of hydrogen-bond acceptors (Lipinski definition) is 6. The number of aliphatic hydroxyl groups excluding tert-OH is 1. The zero-order chi connectivity index (χ0) is 18.8. The summed E-state index contributed by atoms with van der Waals surface area (Å²) in [5.41, 5.74) is 12.1. The summed E-state index contributed by atoms with van der Waals surface area (Å²) in [5, 5.41) is 9.73. The largest absolute Gasteiger partial charge is 0.397 e. The Morgan fingerprint density at radius 1 is 1.26 bits per heavy atom. The van der Waals surface area contributed by atoms with Gasteiger partial charge in [-0.2, -0.15) is 0 Å². The SMILES string of the molecule is Cc1nc(C2=CCOCC2)c(N)cc1-c1ccnc(N2CCC(O)CC2)c1. The molecule has 0 aliphatic carbocycles. The van der Waals surface area contributed by atoms with Crippen LogP contribution in [0.1, 0.15) is 30.7 Å². The van der Waals surface area contributed by atoms with E-state index in [1.165, 1.54) is 0 Å². The van der Waals surface area contributed by atoms with Crippen molar-refractivity contribution in [2.45, 2.75) is 32.3 Å². The topological polar surface area (TPSA) is 84.5 Å². The maximum Gasteiger partial charge on any atom is 0.129 e. The Bertz CT molecular complexity index is 857. The van der Waals surface area contributed by atoms with Gasteiger partial charge in [0.2, 0.25) is 0 Å². The maximum atomic E-state index is 9.73. The predicted molar refractivity (Wildman–Crippen MR) is 107 cm³/mol. The minimum absolute atomic E-state index is 0.192. The monoisotopic (exact) mass is 366 g/mol. The van der Waals surface area contributed by atoms with Gasteiger partial charge in [-0.1, -0.05) is 6.08 Å². The average Bonchev–Trinajstić information content (AvgIpc) is 2.71. The van der Waals surface area contributed by atoms with Gasteiger partial charge in [0, 0.05) is 30.5 Å². The van der Waals surface area contributed by atoms with Gasteiger partial charge in [0.15, 0.2) is 0 Å². The molecule has 2 aromatic heterocycles. The van der Waals surface area contributed by atoms with Gasteiger partial charge in [-0.05, 0) is 55.5 Å². The van der Waals surface area contributed by atoms with Crippen molar-refractivity contribution < 1.29 is 9.84 Å². The molecule has 0 amide bonds. The van der Waals surface area contributed by atoms with Crippen LogP contribution in [0, 0.1) is 6.92 Å². The fourth-order valence-corrected chi connectivity index (χ4v) is 3.77. The van der Waals surface area contributed by atoms with Gasteiger partial charge in [-0.25, -0.2) is 4.98 Å². The van der Waals surface area contributed by atoms with Gasteiger partial charge >= 0.3 is 0 Å². The summed E-state index contributed by atoms with van der Waals surface area (Å²) in [4.78, 5) is 11.6. The van der Waals surface area contributed by atoms with Crippen LogP contribution in [0.15, 0.2) is 30.5 Å². The van der Waals surface area contributed by atoms with Gasteiger partial charge < -0.3 is 20.5 Å². The van der Waals surface area contributed by atoms with Crippen LogP contribution in [0.25, 0.3) is 16.7 Å². The van der Waals surface area contributed by atoms with Crippen LogP contribution < -0.4 is 10.6 Å². The minimum atomic E-state index is -0.192. The lowest BCUT2D eigenvalue weighted by Gasteiger charge is -2.30. The lowest BCUT2D eigenvalue weighted by atomic mass is 9.99. The molecule has 0 atom stereocenters. The molecule has 0 radical (unpaired) electrons. The number of aliphatic hydroxyl groups is 1. The second kappa shape index (κ2) is 7.66. The van der Waals surface area contributed by atoms with E-state index in [4.69, 9.17) is 15.5 Å². The molecule has 4 heterocycles. The molecule has 6 nitrogen and oxygen atoms in total. The zero-order valence-electron chi connectivity index (χ0n) is 15.7. The average molecular weight is 366 g/mol. The summed E-state index contributed by atoms with van der Waals surface area (Å²) in [7, 11) is 0. The highest BCUT2D eigenvalue weighted by atomic mass is 16.5. The number of anilines is 2. The first-order valence-corrected chi connectivity index (χ1v) is 9.55. The number of rotatable bonds is 3. The first-order chi connectivity index (χ1) is 13.1. The molecular formula is C21H26N4O2. The number of nitrogens with two attached hydrogens (primary N) is 1. The van der Waals surface area contributed by atoms with E-state index < -0.39 is 0 Å². The van der Waals surface area contributed by atoms with E-state index in [2.05, 4.69) is 22.0 Å². The lowest BCUT2D eigenvalue weighted by Crippen LogP contribution is -2.36. The summed E-state index contributed by atoms with van der Waals surface area (Å²) in [6.45, 7) is 5.01. The number of aromatic nitrogens is 2. The van der Waals surface area contributed by atoms with Gasteiger partial charge in [0.05, 0.1) is 30.7 Å². The van der Waals surface area contributed by atoms with Gasteiger partial charge in [-0.15, -0.1) is 0 Å². The Hall–Kier alpha value is -2.44. The number of pyridine rings is 2. The van der Waals surface area contributed by atoms with E-state index in [-0.39, 0.29) is 6.10 Å². The molecule has 3 N–H and O–H groups in total. The highest BCUT2D eigenvalue weighted by Crippen LogP contribution is 2.32. The Labute approximate surface area is 159 Å². The van der Waals surface area contributed by atoms with Gasteiger partial charge in [-0.3, -0.25) is 4.98 Å². The van der Waals surface area contributed by atoms with E-state index in [0.717, 1.165) is 66.3 Å². The first kappa shape index (κ1) is 17.9. The van der Waals surface area contributed by atoms with Crippen molar-refractivity contribution in [1.82, 2.24) is 9.97 Å².